The lowest BCUT2D eigenvalue weighted by atomic mass is 10.4. The molecule has 0 aliphatic carbocycles. The molecule has 0 saturated carbocycles. The molecule has 0 spiro atoms. The molecule has 4 atom stereocenters. The summed E-state index contributed by atoms with van der Waals surface area (Å²) < 4.78 is 41.4. The first-order valence-electron chi connectivity index (χ1n) is 3.82. The molecular weight excluding hydrogens is 214 g/mol. The molecule has 0 radical (unpaired) electrons. The molecule has 7 heteroatoms. The van der Waals surface area contributed by atoms with E-state index in [1.54, 1.807) is 13.8 Å². The third-order valence-corrected chi connectivity index (χ3v) is 3.17. The molecule has 0 aliphatic heterocycles. The van der Waals surface area contributed by atoms with Crippen molar-refractivity contribution in [2.45, 2.75) is 24.3 Å². The fourth-order valence-corrected chi connectivity index (χ4v) is 1.13. The Hall–Kier alpha value is 0.180. The van der Waals surface area contributed by atoms with Gasteiger partial charge < -0.3 is 14.4 Å². The number of hydrogen-bond donors (Lipinski definition) is 1. The van der Waals surface area contributed by atoms with Gasteiger partial charge >= 0.3 is 0 Å². The van der Waals surface area contributed by atoms with Crippen LogP contribution in [-0.2, 0) is 22.2 Å². The summed E-state index contributed by atoms with van der Waals surface area (Å²) in [5, 5.41) is 1.77. The Kier molecular flexibility index (Phi) is 6.70. The molecule has 4 unspecified atom stereocenters. The summed E-state index contributed by atoms with van der Waals surface area (Å²) in [6.45, 7) is 3.65. The minimum atomic E-state index is -2.10. The van der Waals surface area contributed by atoms with Crippen molar-refractivity contribution in [3.8, 4) is 0 Å². The third-order valence-electron chi connectivity index (χ3n) is 1.52. The topological polar surface area (TPSA) is 92.3 Å². The second kappa shape index (κ2) is 6.61. The summed E-state index contributed by atoms with van der Waals surface area (Å²) in [5.41, 5.74) is 0. The molecule has 0 saturated heterocycles. The summed E-state index contributed by atoms with van der Waals surface area (Å²) in [4.78, 5) is 0. The van der Waals surface area contributed by atoms with Gasteiger partial charge in [0.25, 0.3) is 0 Å². The van der Waals surface area contributed by atoms with Gasteiger partial charge in [0.15, 0.2) is 0 Å². The van der Waals surface area contributed by atoms with E-state index in [0.717, 1.165) is 0 Å². The van der Waals surface area contributed by atoms with Gasteiger partial charge in [-0.1, -0.05) is 36.0 Å². The van der Waals surface area contributed by atoms with Crippen molar-refractivity contribution in [3.63, 3.8) is 0 Å². The lowest BCUT2D eigenvalue weighted by Crippen LogP contribution is -2.34. The van der Waals surface area contributed by atoms with Gasteiger partial charge in [-0.05, 0) is 0 Å². The molecule has 5 nitrogen and oxygen atoms in total. The Labute approximate surface area is 82.9 Å². The van der Waals surface area contributed by atoms with E-state index < -0.39 is 32.7 Å². The summed E-state index contributed by atoms with van der Waals surface area (Å²) in [6, 6.07) is 0. The maximum absolute atomic E-state index is 10.3. The molecule has 13 heavy (non-hydrogen) atoms. The van der Waals surface area contributed by atoms with Crippen LogP contribution in [0.4, 0.5) is 0 Å². The standard InChI is InChI=1S/C6H15NO4S2/c1-5(12(8)9)3-7-4-6(2)13(10)11/h5-7H,3-4H2,1-2H3,(H,8,9)(H,10,11)/p-2. The van der Waals surface area contributed by atoms with Gasteiger partial charge in [-0.15, -0.1) is 0 Å². The van der Waals surface area contributed by atoms with Crippen LogP contribution in [-0.4, -0.2) is 41.1 Å². The molecular formula is C6H13NO4S2-2. The van der Waals surface area contributed by atoms with Crippen LogP contribution in [0.5, 0.6) is 0 Å². The van der Waals surface area contributed by atoms with Crippen LogP contribution >= 0.6 is 0 Å². The number of hydrogen-bond acceptors (Lipinski definition) is 5. The van der Waals surface area contributed by atoms with Gasteiger partial charge in [0.05, 0.1) is 0 Å². The van der Waals surface area contributed by atoms with E-state index >= 15 is 0 Å². The van der Waals surface area contributed by atoms with Crippen LogP contribution in [0.25, 0.3) is 0 Å². The van der Waals surface area contributed by atoms with Crippen LogP contribution in [0.2, 0.25) is 0 Å². The molecule has 0 rings (SSSR count). The van der Waals surface area contributed by atoms with E-state index in [-0.39, 0.29) is 13.1 Å². The summed E-state index contributed by atoms with van der Waals surface area (Å²) in [6.07, 6.45) is 0. The highest BCUT2D eigenvalue weighted by molar-refractivity contribution is 7.80. The maximum Gasteiger partial charge on any atom is 0.0312 e. The summed E-state index contributed by atoms with van der Waals surface area (Å²) >= 11 is -4.20. The Morgan fingerprint density at radius 3 is 1.62 bits per heavy atom. The van der Waals surface area contributed by atoms with Gasteiger partial charge in [0.2, 0.25) is 0 Å². The van der Waals surface area contributed by atoms with Crippen molar-refractivity contribution < 1.29 is 17.5 Å². The molecule has 0 aromatic heterocycles. The smallest absolute Gasteiger partial charge is 0.0312 e. The zero-order valence-electron chi connectivity index (χ0n) is 7.52. The zero-order valence-corrected chi connectivity index (χ0v) is 9.15. The normalized spacial score (nSPS) is 20.6. The largest absolute Gasteiger partial charge is 0.772 e. The molecule has 0 amide bonds. The van der Waals surface area contributed by atoms with Gasteiger partial charge in [-0.25, -0.2) is 0 Å². The second-order valence-corrected chi connectivity index (χ2v) is 5.45. The van der Waals surface area contributed by atoms with E-state index in [2.05, 4.69) is 5.32 Å². The van der Waals surface area contributed by atoms with Crippen molar-refractivity contribution in [3.05, 3.63) is 0 Å². The predicted molar refractivity (Wildman–Crippen MR) is 49.6 cm³/mol. The predicted octanol–water partition coefficient (Wildman–Crippen LogP) is -0.889. The molecule has 0 heterocycles. The van der Waals surface area contributed by atoms with Crippen molar-refractivity contribution in [1.82, 2.24) is 5.32 Å². The van der Waals surface area contributed by atoms with E-state index in [1.165, 1.54) is 0 Å². The van der Waals surface area contributed by atoms with Crippen LogP contribution < -0.4 is 5.32 Å². The first-order valence-corrected chi connectivity index (χ1v) is 6.09. The van der Waals surface area contributed by atoms with Crippen LogP contribution in [0.1, 0.15) is 13.8 Å². The van der Waals surface area contributed by atoms with Crippen LogP contribution in [0.3, 0.4) is 0 Å². The quantitative estimate of drug-likeness (QED) is 0.594. The summed E-state index contributed by atoms with van der Waals surface area (Å²) in [5.74, 6) is 0. The van der Waals surface area contributed by atoms with Crippen LogP contribution in [0.15, 0.2) is 0 Å². The van der Waals surface area contributed by atoms with Crippen molar-refractivity contribution in [1.29, 1.82) is 0 Å². The minimum Gasteiger partial charge on any atom is -0.772 e. The molecule has 80 valence electrons. The lowest BCUT2D eigenvalue weighted by molar-refractivity contribution is 0.509. The molecule has 0 aliphatic rings. The molecule has 0 fully saturated rings. The molecule has 0 aromatic rings. The number of nitrogens with one attached hydrogen (secondary N) is 1. The maximum atomic E-state index is 10.3. The SMILES string of the molecule is CC(CNCC(C)S(=O)[O-])S(=O)[O-]. The fraction of sp³-hybridized carbons (Fsp3) is 1.00. The average Bonchev–Trinajstić information content (AvgIpc) is 2.03. The highest BCUT2D eigenvalue weighted by Gasteiger charge is 2.04. The minimum absolute atomic E-state index is 0.275. The molecule has 1 N–H and O–H groups in total. The number of rotatable bonds is 6. The Balaban J connectivity index is 3.56. The van der Waals surface area contributed by atoms with Crippen molar-refractivity contribution >= 4 is 22.2 Å². The summed E-state index contributed by atoms with van der Waals surface area (Å²) in [7, 11) is 0. The van der Waals surface area contributed by atoms with Crippen molar-refractivity contribution in [2.75, 3.05) is 13.1 Å². The van der Waals surface area contributed by atoms with E-state index in [9.17, 15) is 17.5 Å². The highest BCUT2D eigenvalue weighted by Crippen LogP contribution is 1.92. The second-order valence-electron chi connectivity index (χ2n) is 2.80. The Bertz CT molecular complexity index is 179. The molecule has 0 bridgehead atoms. The fourth-order valence-electron chi connectivity index (χ4n) is 0.626. The first-order chi connectivity index (χ1) is 5.95. The first kappa shape index (κ1) is 13.2. The lowest BCUT2D eigenvalue weighted by Gasteiger charge is -2.18. The van der Waals surface area contributed by atoms with E-state index in [0.29, 0.717) is 0 Å². The highest BCUT2D eigenvalue weighted by atomic mass is 32.2. The third kappa shape index (κ3) is 6.28. The Morgan fingerprint density at radius 2 is 1.38 bits per heavy atom. The Morgan fingerprint density at radius 1 is 1.08 bits per heavy atom. The van der Waals surface area contributed by atoms with Gasteiger partial charge in [0.1, 0.15) is 0 Å². The van der Waals surface area contributed by atoms with E-state index in [4.69, 9.17) is 0 Å². The van der Waals surface area contributed by atoms with E-state index in [1.807, 2.05) is 0 Å². The zero-order chi connectivity index (χ0) is 10.4. The average molecular weight is 227 g/mol. The van der Waals surface area contributed by atoms with Gasteiger partial charge in [-0.2, -0.15) is 0 Å². The van der Waals surface area contributed by atoms with Crippen LogP contribution in [0, 0.1) is 0 Å². The van der Waals surface area contributed by atoms with Gasteiger partial charge in [-0.3, -0.25) is 8.42 Å². The monoisotopic (exact) mass is 227 g/mol. The molecule has 0 aromatic carbocycles. The van der Waals surface area contributed by atoms with Gasteiger partial charge in [0, 0.05) is 23.6 Å². The van der Waals surface area contributed by atoms with Crippen molar-refractivity contribution in [2.24, 2.45) is 0 Å².